The molecule has 0 fully saturated rings. The zero-order valence-corrected chi connectivity index (χ0v) is 11.8. The monoisotopic (exact) mass is 278 g/mol. The highest BCUT2D eigenvalue weighted by atomic mass is 16.6. The normalized spacial score (nSPS) is 10.8. The number of Topliss-reactive ketones (excluding diaryl/α,β-unsaturated/α-hetero) is 1. The Balaban J connectivity index is 2.74. The maximum Gasteiger partial charge on any atom is 0.303 e. The Morgan fingerprint density at radius 3 is 2.30 bits per heavy atom. The number of aldehydes is 1. The molecule has 0 aromatic heterocycles. The SMILES string of the molecule is CC(=O)OC(C)(C)C(=O)c1ccc(OCCC=O)cc1. The maximum absolute atomic E-state index is 12.2. The van der Waals surface area contributed by atoms with E-state index in [0.29, 0.717) is 24.3 Å². The summed E-state index contributed by atoms with van der Waals surface area (Å²) in [5.41, 5.74) is -0.773. The smallest absolute Gasteiger partial charge is 0.303 e. The van der Waals surface area contributed by atoms with Gasteiger partial charge >= 0.3 is 5.97 Å². The van der Waals surface area contributed by atoms with Crippen molar-refractivity contribution < 1.29 is 23.9 Å². The fourth-order valence-corrected chi connectivity index (χ4v) is 1.68. The van der Waals surface area contributed by atoms with Crippen LogP contribution >= 0.6 is 0 Å². The molecule has 0 aliphatic rings. The lowest BCUT2D eigenvalue weighted by atomic mass is 9.96. The van der Waals surface area contributed by atoms with Gasteiger partial charge in [0.25, 0.3) is 0 Å². The van der Waals surface area contributed by atoms with Gasteiger partial charge in [0.1, 0.15) is 12.0 Å². The number of rotatable bonds is 7. The molecule has 0 aliphatic heterocycles. The van der Waals surface area contributed by atoms with Crippen molar-refractivity contribution in [2.45, 2.75) is 32.8 Å². The van der Waals surface area contributed by atoms with E-state index in [1.54, 1.807) is 38.1 Å². The predicted octanol–water partition coefficient (Wildman–Crippen LogP) is 2.18. The minimum atomic E-state index is -1.20. The Kier molecular flexibility index (Phi) is 5.43. The lowest BCUT2D eigenvalue weighted by Crippen LogP contribution is -2.36. The van der Waals surface area contributed by atoms with Crippen LogP contribution in [0.5, 0.6) is 5.75 Å². The van der Waals surface area contributed by atoms with Crippen LogP contribution in [0.2, 0.25) is 0 Å². The summed E-state index contributed by atoms with van der Waals surface area (Å²) in [4.78, 5) is 33.4. The molecule has 0 unspecified atom stereocenters. The third kappa shape index (κ3) is 4.50. The highest BCUT2D eigenvalue weighted by Crippen LogP contribution is 2.20. The molecule has 0 atom stereocenters. The first-order chi connectivity index (χ1) is 9.36. The minimum Gasteiger partial charge on any atom is -0.493 e. The van der Waals surface area contributed by atoms with E-state index in [9.17, 15) is 14.4 Å². The van der Waals surface area contributed by atoms with Crippen molar-refractivity contribution in [1.29, 1.82) is 0 Å². The predicted molar refractivity (Wildman–Crippen MR) is 72.8 cm³/mol. The zero-order chi connectivity index (χ0) is 15.2. The van der Waals surface area contributed by atoms with Crippen molar-refractivity contribution in [3.63, 3.8) is 0 Å². The molecule has 1 aromatic carbocycles. The third-order valence-corrected chi connectivity index (χ3v) is 2.57. The van der Waals surface area contributed by atoms with Gasteiger partial charge in [0.05, 0.1) is 6.61 Å². The molecule has 0 N–H and O–H groups in total. The fraction of sp³-hybridized carbons (Fsp3) is 0.400. The number of ketones is 1. The molecule has 0 radical (unpaired) electrons. The number of carbonyl (C=O) groups is 3. The summed E-state index contributed by atoms with van der Waals surface area (Å²) in [6.45, 7) is 4.66. The van der Waals surface area contributed by atoms with E-state index in [4.69, 9.17) is 9.47 Å². The van der Waals surface area contributed by atoms with Gasteiger partial charge in [0.2, 0.25) is 5.78 Å². The van der Waals surface area contributed by atoms with E-state index in [-0.39, 0.29) is 5.78 Å². The number of benzene rings is 1. The minimum absolute atomic E-state index is 0.285. The van der Waals surface area contributed by atoms with Crippen molar-refractivity contribution in [3.8, 4) is 5.75 Å². The number of hydrogen-bond acceptors (Lipinski definition) is 5. The van der Waals surface area contributed by atoms with Crippen LogP contribution in [0, 0.1) is 0 Å². The van der Waals surface area contributed by atoms with Gasteiger partial charge in [-0.15, -0.1) is 0 Å². The van der Waals surface area contributed by atoms with Gasteiger partial charge in [0, 0.05) is 18.9 Å². The molecule has 108 valence electrons. The maximum atomic E-state index is 12.2. The highest BCUT2D eigenvalue weighted by Gasteiger charge is 2.31. The number of esters is 1. The van der Waals surface area contributed by atoms with Crippen LogP contribution in [0.15, 0.2) is 24.3 Å². The Hall–Kier alpha value is -2.17. The molecule has 1 rings (SSSR count). The summed E-state index contributed by atoms with van der Waals surface area (Å²) < 4.78 is 10.3. The molecule has 1 aromatic rings. The average Bonchev–Trinajstić information content (AvgIpc) is 2.37. The van der Waals surface area contributed by atoms with Gasteiger partial charge in [-0.2, -0.15) is 0 Å². The Bertz CT molecular complexity index is 487. The van der Waals surface area contributed by atoms with Crippen LogP contribution < -0.4 is 4.74 Å². The lowest BCUT2D eigenvalue weighted by molar-refractivity contribution is -0.149. The molecule has 0 spiro atoms. The van der Waals surface area contributed by atoms with Gasteiger partial charge in [-0.3, -0.25) is 9.59 Å². The average molecular weight is 278 g/mol. The molecular formula is C15H18O5. The Morgan fingerprint density at radius 2 is 1.80 bits per heavy atom. The van der Waals surface area contributed by atoms with Crippen molar-refractivity contribution in [1.82, 2.24) is 0 Å². The second-order valence-corrected chi connectivity index (χ2v) is 4.76. The van der Waals surface area contributed by atoms with Crippen molar-refractivity contribution in [2.75, 3.05) is 6.61 Å². The molecule has 0 saturated heterocycles. The molecule has 5 nitrogen and oxygen atoms in total. The Labute approximate surface area is 117 Å². The first-order valence-electron chi connectivity index (χ1n) is 6.27. The van der Waals surface area contributed by atoms with E-state index in [0.717, 1.165) is 6.29 Å². The van der Waals surface area contributed by atoms with Crippen LogP contribution in [0.25, 0.3) is 0 Å². The van der Waals surface area contributed by atoms with E-state index >= 15 is 0 Å². The van der Waals surface area contributed by atoms with Gasteiger partial charge in [0.15, 0.2) is 5.60 Å². The number of ether oxygens (including phenoxy) is 2. The van der Waals surface area contributed by atoms with Gasteiger partial charge < -0.3 is 14.3 Å². The molecule has 5 heteroatoms. The van der Waals surface area contributed by atoms with Crippen molar-refractivity contribution in [3.05, 3.63) is 29.8 Å². The molecular weight excluding hydrogens is 260 g/mol. The van der Waals surface area contributed by atoms with E-state index in [2.05, 4.69) is 0 Å². The van der Waals surface area contributed by atoms with E-state index < -0.39 is 11.6 Å². The van der Waals surface area contributed by atoms with Crippen LogP contribution in [0.3, 0.4) is 0 Å². The van der Waals surface area contributed by atoms with Crippen molar-refractivity contribution in [2.24, 2.45) is 0 Å². The standard InChI is InChI=1S/C15H18O5/c1-11(17)20-15(2,3)14(18)12-5-7-13(8-6-12)19-10-4-9-16/h5-9H,4,10H2,1-3H3. The van der Waals surface area contributed by atoms with E-state index in [1.807, 2.05) is 0 Å². The summed E-state index contributed by atoms with van der Waals surface area (Å²) >= 11 is 0. The largest absolute Gasteiger partial charge is 0.493 e. The summed E-state index contributed by atoms with van der Waals surface area (Å²) in [5, 5.41) is 0. The molecule has 20 heavy (non-hydrogen) atoms. The zero-order valence-electron chi connectivity index (χ0n) is 11.8. The van der Waals surface area contributed by atoms with Crippen LogP contribution in [0.4, 0.5) is 0 Å². The topological polar surface area (TPSA) is 69.7 Å². The third-order valence-electron chi connectivity index (χ3n) is 2.57. The molecule has 0 bridgehead atoms. The molecule has 0 amide bonds. The van der Waals surface area contributed by atoms with Crippen LogP contribution in [-0.2, 0) is 14.3 Å². The quantitative estimate of drug-likeness (QED) is 0.331. The van der Waals surface area contributed by atoms with Crippen molar-refractivity contribution >= 4 is 18.0 Å². The second kappa shape index (κ2) is 6.84. The van der Waals surface area contributed by atoms with Gasteiger partial charge in [-0.05, 0) is 38.1 Å². The van der Waals surface area contributed by atoms with Gasteiger partial charge in [-0.1, -0.05) is 0 Å². The highest BCUT2D eigenvalue weighted by molar-refractivity contribution is 6.02. The molecule has 0 aliphatic carbocycles. The lowest BCUT2D eigenvalue weighted by Gasteiger charge is -2.22. The Morgan fingerprint density at radius 1 is 1.20 bits per heavy atom. The fourth-order valence-electron chi connectivity index (χ4n) is 1.68. The number of hydrogen-bond donors (Lipinski definition) is 0. The first-order valence-corrected chi connectivity index (χ1v) is 6.27. The summed E-state index contributed by atoms with van der Waals surface area (Å²) in [6.07, 6.45) is 1.10. The number of carbonyl (C=O) groups excluding carboxylic acids is 3. The second-order valence-electron chi connectivity index (χ2n) is 4.76. The first kappa shape index (κ1) is 15.9. The molecule has 0 heterocycles. The summed E-state index contributed by atoms with van der Waals surface area (Å²) in [7, 11) is 0. The molecule has 0 saturated carbocycles. The summed E-state index contributed by atoms with van der Waals surface area (Å²) in [6, 6.07) is 6.48. The summed E-state index contributed by atoms with van der Waals surface area (Å²) in [5.74, 6) is -0.210. The van der Waals surface area contributed by atoms with E-state index in [1.165, 1.54) is 6.92 Å². The van der Waals surface area contributed by atoms with Crippen LogP contribution in [0.1, 0.15) is 37.6 Å². The van der Waals surface area contributed by atoms with Gasteiger partial charge in [-0.25, -0.2) is 0 Å². The van der Waals surface area contributed by atoms with Crippen LogP contribution in [-0.4, -0.2) is 30.2 Å².